The third kappa shape index (κ3) is 1.80. The van der Waals surface area contributed by atoms with Gasteiger partial charge in [0.25, 0.3) is 0 Å². The maximum absolute atomic E-state index is 12.1. The van der Waals surface area contributed by atoms with E-state index in [4.69, 9.17) is 10.5 Å². The van der Waals surface area contributed by atoms with E-state index >= 15 is 0 Å². The van der Waals surface area contributed by atoms with Crippen molar-refractivity contribution in [3.05, 3.63) is 29.3 Å². The first-order chi connectivity index (χ1) is 5.96. The van der Waals surface area contributed by atoms with Gasteiger partial charge in [-0.15, -0.1) is 0 Å². The lowest BCUT2D eigenvalue weighted by atomic mass is 10.1. The van der Waals surface area contributed by atoms with Crippen LogP contribution in [-0.2, 0) is 6.18 Å². The Bertz CT molecular complexity index is 333. The van der Waals surface area contributed by atoms with Crippen LogP contribution in [0, 0.1) is 5.41 Å². The van der Waals surface area contributed by atoms with Crippen molar-refractivity contribution >= 4 is 6.21 Å². The largest absolute Gasteiger partial charge is 0.507 e. The predicted octanol–water partition coefficient (Wildman–Crippen LogP) is 2.41. The minimum atomic E-state index is -4.58. The number of phenols is 1. The Morgan fingerprint density at radius 1 is 1.31 bits per heavy atom. The van der Waals surface area contributed by atoms with Gasteiger partial charge in [0.2, 0.25) is 0 Å². The van der Waals surface area contributed by atoms with E-state index in [1.807, 2.05) is 0 Å². The van der Waals surface area contributed by atoms with Gasteiger partial charge in [-0.25, -0.2) is 0 Å². The van der Waals surface area contributed by atoms with Gasteiger partial charge in [-0.1, -0.05) is 6.07 Å². The van der Waals surface area contributed by atoms with Crippen LogP contribution in [0.4, 0.5) is 13.2 Å². The number of hydrogen-bond acceptors (Lipinski definition) is 2. The first-order valence-electron chi connectivity index (χ1n) is 3.36. The molecule has 0 aromatic heterocycles. The zero-order chi connectivity index (χ0) is 10.1. The number of halogens is 3. The highest BCUT2D eigenvalue weighted by atomic mass is 19.4. The highest BCUT2D eigenvalue weighted by molar-refractivity contribution is 5.81. The molecule has 0 aliphatic rings. The van der Waals surface area contributed by atoms with Crippen molar-refractivity contribution in [1.82, 2.24) is 0 Å². The van der Waals surface area contributed by atoms with E-state index in [1.165, 1.54) is 6.07 Å². The Morgan fingerprint density at radius 2 is 1.92 bits per heavy atom. The molecule has 70 valence electrons. The standard InChI is InChI=1S/C8H6F3NO/c9-8(10,11)6-3-1-2-5(4-12)7(6)13/h1-4,12-13H. The summed E-state index contributed by atoms with van der Waals surface area (Å²) in [6.45, 7) is 0. The number of alkyl halides is 3. The van der Waals surface area contributed by atoms with E-state index in [9.17, 15) is 13.2 Å². The zero-order valence-electron chi connectivity index (χ0n) is 6.39. The van der Waals surface area contributed by atoms with Gasteiger partial charge in [0.1, 0.15) is 5.75 Å². The minimum Gasteiger partial charge on any atom is -0.507 e. The fourth-order valence-corrected chi connectivity index (χ4v) is 0.907. The minimum absolute atomic E-state index is 0.144. The van der Waals surface area contributed by atoms with E-state index in [2.05, 4.69) is 0 Å². The van der Waals surface area contributed by atoms with Crippen molar-refractivity contribution in [1.29, 1.82) is 5.41 Å². The maximum Gasteiger partial charge on any atom is 0.419 e. The summed E-state index contributed by atoms with van der Waals surface area (Å²) in [5.74, 6) is -0.898. The number of nitrogens with one attached hydrogen (secondary N) is 1. The van der Waals surface area contributed by atoms with Crippen LogP contribution < -0.4 is 0 Å². The first kappa shape index (κ1) is 9.57. The van der Waals surface area contributed by atoms with E-state index in [0.29, 0.717) is 6.21 Å². The summed E-state index contributed by atoms with van der Waals surface area (Å²) in [5.41, 5.74) is -1.26. The molecular formula is C8H6F3NO. The molecule has 0 atom stereocenters. The molecule has 1 aromatic carbocycles. The molecule has 0 saturated heterocycles. The van der Waals surface area contributed by atoms with Crippen LogP contribution in [0.1, 0.15) is 11.1 Å². The van der Waals surface area contributed by atoms with Gasteiger partial charge >= 0.3 is 6.18 Å². The van der Waals surface area contributed by atoms with Crippen LogP contribution in [0.15, 0.2) is 18.2 Å². The van der Waals surface area contributed by atoms with Gasteiger partial charge in [-0.3, -0.25) is 0 Å². The molecule has 0 amide bonds. The molecule has 1 rings (SSSR count). The van der Waals surface area contributed by atoms with Crippen LogP contribution in [0.25, 0.3) is 0 Å². The quantitative estimate of drug-likeness (QED) is 0.654. The molecule has 0 radical (unpaired) electrons. The van der Waals surface area contributed by atoms with E-state index < -0.39 is 17.5 Å². The van der Waals surface area contributed by atoms with Crippen LogP contribution in [0.5, 0.6) is 5.75 Å². The number of para-hydroxylation sites is 1. The van der Waals surface area contributed by atoms with Gasteiger partial charge in [-0.05, 0) is 12.1 Å². The van der Waals surface area contributed by atoms with Crippen LogP contribution in [0.3, 0.4) is 0 Å². The average Bonchev–Trinajstić information content (AvgIpc) is 2.02. The monoisotopic (exact) mass is 189 g/mol. The summed E-state index contributed by atoms with van der Waals surface area (Å²) in [6.07, 6.45) is -3.91. The second-order valence-electron chi connectivity index (χ2n) is 2.39. The van der Waals surface area contributed by atoms with Crippen molar-refractivity contribution in [3.63, 3.8) is 0 Å². The average molecular weight is 189 g/mol. The molecule has 0 heterocycles. The molecule has 5 heteroatoms. The van der Waals surface area contributed by atoms with Gasteiger partial charge in [0.15, 0.2) is 0 Å². The summed E-state index contributed by atoms with van der Waals surface area (Å²) in [4.78, 5) is 0. The molecule has 2 nitrogen and oxygen atoms in total. The topological polar surface area (TPSA) is 44.1 Å². The van der Waals surface area contributed by atoms with Gasteiger partial charge in [-0.2, -0.15) is 13.2 Å². The van der Waals surface area contributed by atoms with Crippen LogP contribution in [0.2, 0.25) is 0 Å². The third-order valence-corrected chi connectivity index (χ3v) is 1.53. The lowest BCUT2D eigenvalue weighted by molar-refractivity contribution is -0.138. The van der Waals surface area contributed by atoms with Crippen molar-refractivity contribution in [2.24, 2.45) is 0 Å². The zero-order valence-corrected chi connectivity index (χ0v) is 6.39. The normalized spacial score (nSPS) is 11.3. The molecule has 0 aliphatic heterocycles. The summed E-state index contributed by atoms with van der Waals surface area (Å²) >= 11 is 0. The van der Waals surface area contributed by atoms with E-state index in [0.717, 1.165) is 12.1 Å². The lowest BCUT2D eigenvalue weighted by Crippen LogP contribution is -2.06. The van der Waals surface area contributed by atoms with Crippen molar-refractivity contribution in [3.8, 4) is 5.75 Å². The Morgan fingerprint density at radius 3 is 2.38 bits per heavy atom. The Hall–Kier alpha value is -1.52. The molecule has 0 unspecified atom stereocenters. The molecule has 2 N–H and O–H groups in total. The van der Waals surface area contributed by atoms with Crippen molar-refractivity contribution in [2.75, 3.05) is 0 Å². The second-order valence-corrected chi connectivity index (χ2v) is 2.39. The molecule has 1 aromatic rings. The fraction of sp³-hybridized carbons (Fsp3) is 0.125. The Balaban J connectivity index is 3.32. The summed E-state index contributed by atoms with van der Waals surface area (Å²) in [7, 11) is 0. The predicted molar refractivity (Wildman–Crippen MR) is 41.0 cm³/mol. The fourth-order valence-electron chi connectivity index (χ4n) is 0.907. The van der Waals surface area contributed by atoms with Gasteiger partial charge < -0.3 is 10.5 Å². The van der Waals surface area contributed by atoms with Gasteiger partial charge in [0.05, 0.1) is 5.56 Å². The first-order valence-corrected chi connectivity index (χ1v) is 3.36. The SMILES string of the molecule is N=Cc1cccc(C(F)(F)F)c1O. The number of hydrogen-bond donors (Lipinski definition) is 2. The maximum atomic E-state index is 12.1. The van der Waals surface area contributed by atoms with E-state index in [1.54, 1.807) is 0 Å². The number of benzene rings is 1. The molecule has 0 fully saturated rings. The second kappa shape index (κ2) is 3.08. The van der Waals surface area contributed by atoms with Gasteiger partial charge in [0, 0.05) is 11.8 Å². The molecule has 0 saturated carbocycles. The molecule has 0 bridgehead atoms. The van der Waals surface area contributed by atoms with Crippen molar-refractivity contribution < 1.29 is 18.3 Å². The molecular weight excluding hydrogens is 183 g/mol. The highest BCUT2D eigenvalue weighted by Crippen LogP contribution is 2.36. The summed E-state index contributed by atoms with van der Waals surface area (Å²) in [5, 5.41) is 15.8. The smallest absolute Gasteiger partial charge is 0.419 e. The third-order valence-electron chi connectivity index (χ3n) is 1.53. The summed E-state index contributed by atoms with van der Waals surface area (Å²) in [6, 6.07) is 3.14. The van der Waals surface area contributed by atoms with Crippen LogP contribution >= 0.6 is 0 Å². The molecule has 13 heavy (non-hydrogen) atoms. The molecule has 0 spiro atoms. The van der Waals surface area contributed by atoms with E-state index in [-0.39, 0.29) is 5.56 Å². The number of aromatic hydroxyl groups is 1. The number of rotatable bonds is 1. The number of phenolic OH excluding ortho intramolecular Hbond substituents is 1. The summed E-state index contributed by atoms with van der Waals surface area (Å²) < 4.78 is 36.4. The highest BCUT2D eigenvalue weighted by Gasteiger charge is 2.34. The lowest BCUT2D eigenvalue weighted by Gasteiger charge is -2.09. The Labute approximate surface area is 72.1 Å². The molecule has 0 aliphatic carbocycles. The van der Waals surface area contributed by atoms with Crippen molar-refractivity contribution in [2.45, 2.75) is 6.18 Å². The van der Waals surface area contributed by atoms with Crippen LogP contribution in [-0.4, -0.2) is 11.3 Å². The Kier molecular flexibility index (Phi) is 2.27.